The van der Waals surface area contributed by atoms with Crippen molar-refractivity contribution in [3.63, 3.8) is 0 Å². The van der Waals surface area contributed by atoms with Crippen LogP contribution in [0.3, 0.4) is 0 Å². The Hall–Kier alpha value is -1.92. The van der Waals surface area contributed by atoms with Gasteiger partial charge in [0.1, 0.15) is 6.04 Å². The molecule has 21 heavy (non-hydrogen) atoms. The van der Waals surface area contributed by atoms with Gasteiger partial charge in [0.2, 0.25) is 5.91 Å². The van der Waals surface area contributed by atoms with Crippen LogP contribution in [0.25, 0.3) is 0 Å². The average molecular weight is 292 g/mol. The molecule has 0 radical (unpaired) electrons. The van der Waals surface area contributed by atoms with Crippen molar-refractivity contribution in [2.24, 2.45) is 0 Å². The van der Waals surface area contributed by atoms with E-state index in [2.05, 4.69) is 10.6 Å². The van der Waals surface area contributed by atoms with Crippen LogP contribution in [0.5, 0.6) is 0 Å². The van der Waals surface area contributed by atoms with E-state index in [0.29, 0.717) is 13.2 Å². The molecular formula is C15H20N2O4. The number of hydrogen-bond donors (Lipinski definition) is 3. The molecule has 1 aromatic carbocycles. The quantitative estimate of drug-likeness (QED) is 0.696. The highest BCUT2D eigenvalue weighted by Crippen LogP contribution is 2.06. The molecule has 1 aliphatic rings. The number of carboxylic acids is 1. The molecule has 0 aliphatic carbocycles. The van der Waals surface area contributed by atoms with Gasteiger partial charge in [0.25, 0.3) is 0 Å². The lowest BCUT2D eigenvalue weighted by atomic mass is 10.1. The number of aliphatic carboxylic acids is 1. The minimum Gasteiger partial charge on any atom is -0.480 e. The van der Waals surface area contributed by atoms with Gasteiger partial charge in [-0.1, -0.05) is 30.3 Å². The van der Waals surface area contributed by atoms with Crippen molar-refractivity contribution in [3.05, 3.63) is 35.9 Å². The molecule has 6 heteroatoms. The van der Waals surface area contributed by atoms with Crippen LogP contribution in [0.1, 0.15) is 12.0 Å². The predicted molar refractivity (Wildman–Crippen MR) is 76.9 cm³/mol. The first-order valence-corrected chi connectivity index (χ1v) is 7.03. The number of amides is 1. The van der Waals surface area contributed by atoms with E-state index in [4.69, 9.17) is 4.74 Å². The fourth-order valence-corrected chi connectivity index (χ4v) is 2.26. The lowest BCUT2D eigenvalue weighted by molar-refractivity contribution is -0.142. The van der Waals surface area contributed by atoms with Crippen molar-refractivity contribution < 1.29 is 19.4 Å². The molecule has 6 nitrogen and oxygen atoms in total. The summed E-state index contributed by atoms with van der Waals surface area (Å²) in [5.74, 6) is -1.33. The van der Waals surface area contributed by atoms with Gasteiger partial charge in [-0.25, -0.2) is 4.79 Å². The van der Waals surface area contributed by atoms with Crippen LogP contribution in [0.2, 0.25) is 0 Å². The normalized spacial score (nSPS) is 19.7. The molecule has 0 bridgehead atoms. The maximum absolute atomic E-state index is 11.9. The summed E-state index contributed by atoms with van der Waals surface area (Å²) >= 11 is 0. The van der Waals surface area contributed by atoms with Crippen LogP contribution >= 0.6 is 0 Å². The number of rotatable bonds is 6. The van der Waals surface area contributed by atoms with Crippen LogP contribution in [0.15, 0.2) is 30.3 Å². The standard InChI is InChI=1S/C15H20N2O4/c18-14(9-12-10-16-6-7-21-12)17-13(15(19)20)8-11-4-2-1-3-5-11/h1-5,12-13,16H,6-10H2,(H,17,18)(H,19,20)/t12?,13-/m1/s1. The Kier molecular flexibility index (Phi) is 5.71. The van der Waals surface area contributed by atoms with Gasteiger partial charge in [-0.3, -0.25) is 4.79 Å². The molecule has 2 atom stereocenters. The number of carbonyl (C=O) groups excluding carboxylic acids is 1. The Morgan fingerprint density at radius 2 is 2.14 bits per heavy atom. The zero-order valence-electron chi connectivity index (χ0n) is 11.7. The molecular weight excluding hydrogens is 272 g/mol. The van der Waals surface area contributed by atoms with E-state index in [1.807, 2.05) is 30.3 Å². The summed E-state index contributed by atoms with van der Waals surface area (Å²) in [7, 11) is 0. The third kappa shape index (κ3) is 5.17. The van der Waals surface area contributed by atoms with E-state index in [1.165, 1.54) is 0 Å². The Morgan fingerprint density at radius 3 is 2.76 bits per heavy atom. The van der Waals surface area contributed by atoms with Crippen molar-refractivity contribution in [1.82, 2.24) is 10.6 Å². The summed E-state index contributed by atoms with van der Waals surface area (Å²) < 4.78 is 5.44. The molecule has 0 spiro atoms. The third-order valence-electron chi connectivity index (χ3n) is 3.33. The second kappa shape index (κ2) is 7.75. The molecule has 1 saturated heterocycles. The number of carbonyl (C=O) groups is 2. The van der Waals surface area contributed by atoms with Gasteiger partial charge in [0, 0.05) is 19.5 Å². The van der Waals surface area contributed by atoms with Crippen molar-refractivity contribution in [2.45, 2.75) is 25.0 Å². The van der Waals surface area contributed by atoms with Gasteiger partial charge < -0.3 is 20.5 Å². The summed E-state index contributed by atoms with van der Waals surface area (Å²) in [5.41, 5.74) is 0.876. The highest BCUT2D eigenvalue weighted by atomic mass is 16.5. The smallest absolute Gasteiger partial charge is 0.326 e. The number of morpholine rings is 1. The molecule has 1 unspecified atom stereocenters. The van der Waals surface area contributed by atoms with Crippen LogP contribution in [-0.4, -0.2) is 48.8 Å². The first kappa shape index (κ1) is 15.5. The molecule has 3 N–H and O–H groups in total. The van der Waals surface area contributed by atoms with E-state index in [-0.39, 0.29) is 24.9 Å². The fourth-order valence-electron chi connectivity index (χ4n) is 2.26. The zero-order valence-corrected chi connectivity index (χ0v) is 11.7. The molecule has 1 fully saturated rings. The summed E-state index contributed by atoms with van der Waals surface area (Å²) in [6.45, 7) is 1.97. The largest absolute Gasteiger partial charge is 0.480 e. The van der Waals surface area contributed by atoms with Gasteiger partial charge in [-0.05, 0) is 5.56 Å². The van der Waals surface area contributed by atoms with E-state index < -0.39 is 12.0 Å². The molecule has 2 rings (SSSR count). The van der Waals surface area contributed by atoms with Gasteiger partial charge in [-0.15, -0.1) is 0 Å². The third-order valence-corrected chi connectivity index (χ3v) is 3.33. The summed E-state index contributed by atoms with van der Waals surface area (Å²) in [4.78, 5) is 23.2. The Morgan fingerprint density at radius 1 is 1.38 bits per heavy atom. The molecule has 1 aliphatic heterocycles. The highest BCUT2D eigenvalue weighted by molar-refractivity contribution is 5.84. The van der Waals surface area contributed by atoms with Crippen LogP contribution in [0, 0.1) is 0 Å². The average Bonchev–Trinajstić information content (AvgIpc) is 2.48. The molecule has 0 aromatic heterocycles. The van der Waals surface area contributed by atoms with E-state index in [0.717, 1.165) is 12.1 Å². The van der Waals surface area contributed by atoms with Crippen molar-refractivity contribution in [1.29, 1.82) is 0 Å². The van der Waals surface area contributed by atoms with Crippen LogP contribution in [-0.2, 0) is 20.7 Å². The summed E-state index contributed by atoms with van der Waals surface area (Å²) in [6, 6.07) is 8.32. The van der Waals surface area contributed by atoms with Crippen molar-refractivity contribution in [3.8, 4) is 0 Å². The number of carboxylic acid groups (broad SMARTS) is 1. The second-order valence-electron chi connectivity index (χ2n) is 5.05. The molecule has 1 heterocycles. The minimum absolute atomic E-state index is 0.172. The summed E-state index contributed by atoms with van der Waals surface area (Å²) in [6.07, 6.45) is 0.252. The first-order chi connectivity index (χ1) is 10.1. The SMILES string of the molecule is O=C(CC1CNCCO1)N[C@H](Cc1ccccc1)C(=O)O. The topological polar surface area (TPSA) is 87.7 Å². The minimum atomic E-state index is -1.03. The van der Waals surface area contributed by atoms with Crippen molar-refractivity contribution >= 4 is 11.9 Å². The molecule has 114 valence electrons. The maximum atomic E-state index is 11.9. The Labute approximate surface area is 123 Å². The number of ether oxygens (including phenoxy) is 1. The van der Waals surface area contributed by atoms with E-state index >= 15 is 0 Å². The van der Waals surface area contributed by atoms with E-state index in [9.17, 15) is 14.7 Å². The lowest BCUT2D eigenvalue weighted by Gasteiger charge is -2.24. The highest BCUT2D eigenvalue weighted by Gasteiger charge is 2.23. The zero-order chi connectivity index (χ0) is 15.1. The first-order valence-electron chi connectivity index (χ1n) is 7.03. The number of benzene rings is 1. The fraction of sp³-hybridized carbons (Fsp3) is 0.467. The lowest BCUT2D eigenvalue weighted by Crippen LogP contribution is -2.46. The molecule has 0 saturated carbocycles. The monoisotopic (exact) mass is 292 g/mol. The van der Waals surface area contributed by atoms with Gasteiger partial charge in [-0.2, -0.15) is 0 Å². The van der Waals surface area contributed by atoms with Crippen LogP contribution in [0.4, 0.5) is 0 Å². The molecule has 1 amide bonds. The van der Waals surface area contributed by atoms with Gasteiger partial charge in [0.05, 0.1) is 19.1 Å². The maximum Gasteiger partial charge on any atom is 0.326 e. The summed E-state index contributed by atoms with van der Waals surface area (Å²) in [5, 5.41) is 14.9. The predicted octanol–water partition coefficient (Wildman–Crippen LogP) is 0.177. The number of nitrogens with one attached hydrogen (secondary N) is 2. The van der Waals surface area contributed by atoms with E-state index in [1.54, 1.807) is 0 Å². The van der Waals surface area contributed by atoms with Gasteiger partial charge >= 0.3 is 5.97 Å². The van der Waals surface area contributed by atoms with Crippen molar-refractivity contribution in [2.75, 3.05) is 19.7 Å². The second-order valence-corrected chi connectivity index (χ2v) is 5.05. The Balaban J connectivity index is 1.86. The van der Waals surface area contributed by atoms with Crippen LogP contribution < -0.4 is 10.6 Å². The molecule has 1 aromatic rings. The van der Waals surface area contributed by atoms with Gasteiger partial charge in [0.15, 0.2) is 0 Å². The number of hydrogen-bond acceptors (Lipinski definition) is 4. The Bertz CT molecular complexity index is 472.